The predicted octanol–water partition coefficient (Wildman–Crippen LogP) is 4.10. The quantitative estimate of drug-likeness (QED) is 0.692. The smallest absolute Gasteiger partial charge is 0.274 e. The molecule has 0 saturated heterocycles. The summed E-state index contributed by atoms with van der Waals surface area (Å²) in [7, 11) is 3.99. The molecule has 2 N–H and O–H groups in total. The zero-order valence-electron chi connectivity index (χ0n) is 15.7. The van der Waals surface area contributed by atoms with Crippen molar-refractivity contribution < 1.29 is 4.79 Å². The molecule has 0 saturated carbocycles. The van der Waals surface area contributed by atoms with Gasteiger partial charge in [0.05, 0.1) is 0 Å². The van der Waals surface area contributed by atoms with Gasteiger partial charge in [0, 0.05) is 37.2 Å². The number of amides is 1. The Kier molecular flexibility index (Phi) is 5.66. The molecular formula is C21H23N5O. The van der Waals surface area contributed by atoms with Gasteiger partial charge in [0.25, 0.3) is 5.91 Å². The Labute approximate surface area is 159 Å². The molecule has 3 rings (SSSR count). The van der Waals surface area contributed by atoms with E-state index in [0.29, 0.717) is 11.5 Å². The summed E-state index contributed by atoms with van der Waals surface area (Å²) < 4.78 is 0. The topological polar surface area (TPSA) is 70.2 Å². The fourth-order valence-corrected chi connectivity index (χ4v) is 2.56. The molecule has 0 unspecified atom stereocenters. The summed E-state index contributed by atoms with van der Waals surface area (Å²) in [5.74, 6) is 0.293. The Hall–Kier alpha value is -3.41. The molecular weight excluding hydrogens is 338 g/mol. The van der Waals surface area contributed by atoms with Crippen LogP contribution in [0.25, 0.3) is 0 Å². The van der Waals surface area contributed by atoms with Gasteiger partial charge < -0.3 is 15.5 Å². The molecule has 27 heavy (non-hydrogen) atoms. The standard InChI is InChI=1S/C21H23N5O/c1-4-15-5-7-17(8-6-15)25-21(27)19-13-20(23-14-22-19)24-16-9-11-18(12-10-16)26(2)3/h5-14H,4H2,1-3H3,(H,25,27)(H,22,23,24). The number of nitrogens with one attached hydrogen (secondary N) is 2. The minimum atomic E-state index is -0.271. The molecule has 0 fully saturated rings. The Bertz CT molecular complexity index is 905. The van der Waals surface area contributed by atoms with Gasteiger partial charge in [-0.25, -0.2) is 9.97 Å². The van der Waals surface area contributed by atoms with Gasteiger partial charge in [-0.15, -0.1) is 0 Å². The number of aromatic nitrogens is 2. The van der Waals surface area contributed by atoms with Crippen LogP contribution in [0.1, 0.15) is 23.0 Å². The highest BCUT2D eigenvalue weighted by atomic mass is 16.1. The third kappa shape index (κ3) is 4.82. The lowest BCUT2D eigenvalue weighted by molar-refractivity contribution is 0.102. The van der Waals surface area contributed by atoms with Crippen LogP contribution in [0, 0.1) is 0 Å². The lowest BCUT2D eigenvalue weighted by atomic mass is 10.1. The first-order valence-corrected chi connectivity index (χ1v) is 8.82. The first-order chi connectivity index (χ1) is 13.0. The number of carbonyl (C=O) groups excluding carboxylic acids is 1. The number of nitrogens with zero attached hydrogens (tertiary/aromatic N) is 3. The van der Waals surface area contributed by atoms with E-state index in [1.165, 1.54) is 11.9 Å². The highest BCUT2D eigenvalue weighted by molar-refractivity contribution is 6.03. The molecule has 6 heteroatoms. The van der Waals surface area contributed by atoms with E-state index in [1.807, 2.05) is 67.5 Å². The Morgan fingerprint density at radius 3 is 2.26 bits per heavy atom. The molecule has 2 aromatic carbocycles. The lowest BCUT2D eigenvalue weighted by Gasteiger charge is -2.13. The van der Waals surface area contributed by atoms with E-state index in [-0.39, 0.29) is 5.91 Å². The minimum Gasteiger partial charge on any atom is -0.378 e. The summed E-state index contributed by atoms with van der Waals surface area (Å²) in [6, 6.07) is 17.4. The highest BCUT2D eigenvalue weighted by Crippen LogP contribution is 2.19. The third-order valence-corrected chi connectivity index (χ3v) is 4.18. The van der Waals surface area contributed by atoms with Crippen molar-refractivity contribution in [2.75, 3.05) is 29.6 Å². The molecule has 0 radical (unpaired) electrons. The van der Waals surface area contributed by atoms with E-state index in [9.17, 15) is 4.79 Å². The fraction of sp³-hybridized carbons (Fsp3) is 0.190. The van der Waals surface area contributed by atoms with Crippen LogP contribution in [0.5, 0.6) is 0 Å². The maximum absolute atomic E-state index is 12.5. The average molecular weight is 361 g/mol. The van der Waals surface area contributed by atoms with Crippen molar-refractivity contribution in [2.24, 2.45) is 0 Å². The van der Waals surface area contributed by atoms with E-state index < -0.39 is 0 Å². The SMILES string of the molecule is CCc1ccc(NC(=O)c2cc(Nc3ccc(N(C)C)cc3)ncn2)cc1. The lowest BCUT2D eigenvalue weighted by Crippen LogP contribution is -2.14. The predicted molar refractivity (Wildman–Crippen MR) is 110 cm³/mol. The summed E-state index contributed by atoms with van der Waals surface area (Å²) >= 11 is 0. The van der Waals surface area contributed by atoms with Gasteiger partial charge in [0.15, 0.2) is 0 Å². The van der Waals surface area contributed by atoms with Crippen molar-refractivity contribution in [1.82, 2.24) is 9.97 Å². The number of anilines is 4. The second kappa shape index (κ2) is 8.31. The number of rotatable bonds is 6. The molecule has 0 atom stereocenters. The normalized spacial score (nSPS) is 10.3. The molecule has 0 spiro atoms. The Balaban J connectivity index is 1.69. The molecule has 0 aliphatic rings. The van der Waals surface area contributed by atoms with Crippen LogP contribution >= 0.6 is 0 Å². The highest BCUT2D eigenvalue weighted by Gasteiger charge is 2.09. The van der Waals surface area contributed by atoms with E-state index in [0.717, 1.165) is 23.5 Å². The third-order valence-electron chi connectivity index (χ3n) is 4.18. The monoisotopic (exact) mass is 361 g/mol. The van der Waals surface area contributed by atoms with Crippen molar-refractivity contribution >= 4 is 28.8 Å². The van der Waals surface area contributed by atoms with Gasteiger partial charge in [-0.2, -0.15) is 0 Å². The molecule has 0 aliphatic carbocycles. The molecule has 0 aliphatic heterocycles. The summed E-state index contributed by atoms with van der Waals surface area (Å²) in [5, 5.41) is 6.05. The number of aryl methyl sites for hydroxylation is 1. The Morgan fingerprint density at radius 1 is 0.963 bits per heavy atom. The average Bonchev–Trinajstić information content (AvgIpc) is 2.69. The maximum Gasteiger partial charge on any atom is 0.274 e. The van der Waals surface area contributed by atoms with Crippen molar-refractivity contribution in [3.63, 3.8) is 0 Å². The summed E-state index contributed by atoms with van der Waals surface area (Å²) in [6.07, 6.45) is 2.34. The molecule has 1 heterocycles. The first-order valence-electron chi connectivity index (χ1n) is 8.82. The van der Waals surface area contributed by atoms with Crippen molar-refractivity contribution in [3.05, 3.63) is 72.2 Å². The fourth-order valence-electron chi connectivity index (χ4n) is 2.56. The van der Waals surface area contributed by atoms with Crippen LogP contribution in [0.4, 0.5) is 22.9 Å². The molecule has 1 amide bonds. The largest absolute Gasteiger partial charge is 0.378 e. The molecule has 0 bridgehead atoms. The van der Waals surface area contributed by atoms with Gasteiger partial charge in [0.2, 0.25) is 0 Å². The molecule has 1 aromatic heterocycles. The van der Waals surface area contributed by atoms with Gasteiger partial charge in [0.1, 0.15) is 17.8 Å². The number of hydrogen-bond acceptors (Lipinski definition) is 5. The van der Waals surface area contributed by atoms with Crippen molar-refractivity contribution in [3.8, 4) is 0 Å². The molecule has 6 nitrogen and oxygen atoms in total. The molecule has 3 aromatic rings. The number of carbonyl (C=O) groups is 1. The van der Waals surface area contributed by atoms with Crippen molar-refractivity contribution in [1.29, 1.82) is 0 Å². The first kappa shape index (κ1) is 18.4. The van der Waals surface area contributed by atoms with Gasteiger partial charge in [-0.1, -0.05) is 19.1 Å². The van der Waals surface area contributed by atoms with Gasteiger partial charge in [-0.3, -0.25) is 4.79 Å². The van der Waals surface area contributed by atoms with E-state index in [1.54, 1.807) is 6.07 Å². The van der Waals surface area contributed by atoms with E-state index >= 15 is 0 Å². The zero-order valence-corrected chi connectivity index (χ0v) is 15.7. The van der Waals surface area contributed by atoms with Gasteiger partial charge >= 0.3 is 0 Å². The summed E-state index contributed by atoms with van der Waals surface area (Å²) in [5.41, 5.74) is 4.27. The maximum atomic E-state index is 12.5. The molecule has 138 valence electrons. The van der Waals surface area contributed by atoms with Crippen LogP contribution in [-0.4, -0.2) is 30.0 Å². The second-order valence-corrected chi connectivity index (χ2v) is 6.36. The van der Waals surface area contributed by atoms with Crippen LogP contribution < -0.4 is 15.5 Å². The minimum absolute atomic E-state index is 0.271. The summed E-state index contributed by atoms with van der Waals surface area (Å²) in [6.45, 7) is 2.09. The van der Waals surface area contributed by atoms with Crippen LogP contribution in [-0.2, 0) is 6.42 Å². The van der Waals surface area contributed by atoms with E-state index in [2.05, 4.69) is 27.5 Å². The van der Waals surface area contributed by atoms with Gasteiger partial charge in [-0.05, 0) is 48.4 Å². The number of hydrogen-bond donors (Lipinski definition) is 2. The second-order valence-electron chi connectivity index (χ2n) is 6.36. The Morgan fingerprint density at radius 2 is 1.63 bits per heavy atom. The number of benzene rings is 2. The summed E-state index contributed by atoms with van der Waals surface area (Å²) in [4.78, 5) is 22.8. The van der Waals surface area contributed by atoms with Crippen LogP contribution in [0.2, 0.25) is 0 Å². The van der Waals surface area contributed by atoms with Crippen LogP contribution in [0.3, 0.4) is 0 Å². The van der Waals surface area contributed by atoms with Crippen molar-refractivity contribution in [2.45, 2.75) is 13.3 Å². The zero-order chi connectivity index (χ0) is 19.2. The van der Waals surface area contributed by atoms with E-state index in [4.69, 9.17) is 0 Å². The van der Waals surface area contributed by atoms with Crippen LogP contribution in [0.15, 0.2) is 60.9 Å².